The van der Waals surface area contributed by atoms with Crippen LogP contribution in [0.3, 0.4) is 0 Å². The van der Waals surface area contributed by atoms with Crippen molar-refractivity contribution < 1.29 is 4.79 Å². The minimum Gasteiger partial charge on any atom is -0.356 e. The van der Waals surface area contributed by atoms with Crippen LogP contribution >= 0.6 is 11.3 Å². The van der Waals surface area contributed by atoms with E-state index in [4.69, 9.17) is 0 Å². The van der Waals surface area contributed by atoms with Gasteiger partial charge in [-0.05, 0) is 12.0 Å². The largest absolute Gasteiger partial charge is 0.356 e. The van der Waals surface area contributed by atoms with Crippen molar-refractivity contribution in [1.29, 1.82) is 0 Å². The molecule has 0 atom stereocenters. The molecule has 100 valence electrons. The number of hydrogen-bond acceptors (Lipinski definition) is 5. The number of amides is 1. The SMILES string of the molecule is CC(C)CNC(=O)Cc1csc(-c2ncccn2)n1. The molecule has 0 aliphatic carbocycles. The van der Waals surface area contributed by atoms with Crippen LogP contribution in [0.5, 0.6) is 0 Å². The molecule has 0 aliphatic heterocycles. The second-order valence-corrected chi connectivity index (χ2v) is 5.45. The first-order chi connectivity index (χ1) is 9.15. The first kappa shape index (κ1) is 13.6. The van der Waals surface area contributed by atoms with Crippen molar-refractivity contribution in [3.63, 3.8) is 0 Å². The number of carbonyl (C=O) groups excluding carboxylic acids is 1. The van der Waals surface area contributed by atoms with E-state index in [1.54, 1.807) is 18.5 Å². The Morgan fingerprint density at radius 1 is 1.37 bits per heavy atom. The number of aromatic nitrogens is 3. The molecule has 1 N–H and O–H groups in total. The van der Waals surface area contributed by atoms with Gasteiger partial charge in [0.1, 0.15) is 0 Å². The summed E-state index contributed by atoms with van der Waals surface area (Å²) in [5.41, 5.74) is 0.758. The highest BCUT2D eigenvalue weighted by molar-refractivity contribution is 7.13. The maximum absolute atomic E-state index is 11.7. The number of hydrogen-bond donors (Lipinski definition) is 1. The van der Waals surface area contributed by atoms with Crippen molar-refractivity contribution in [3.05, 3.63) is 29.5 Å². The van der Waals surface area contributed by atoms with E-state index in [1.807, 2.05) is 5.38 Å². The Morgan fingerprint density at radius 2 is 2.11 bits per heavy atom. The minimum absolute atomic E-state index is 0.000435. The summed E-state index contributed by atoms with van der Waals surface area (Å²) in [6, 6.07) is 1.76. The van der Waals surface area contributed by atoms with E-state index in [9.17, 15) is 4.79 Å². The van der Waals surface area contributed by atoms with E-state index in [-0.39, 0.29) is 5.91 Å². The third-order valence-corrected chi connectivity index (χ3v) is 3.25. The standard InChI is InChI=1S/C13H16N4OS/c1-9(2)7-16-11(18)6-10-8-19-13(17-10)12-14-4-3-5-15-12/h3-5,8-9H,6-7H2,1-2H3,(H,16,18). The quantitative estimate of drug-likeness (QED) is 0.906. The van der Waals surface area contributed by atoms with E-state index in [0.717, 1.165) is 10.7 Å². The van der Waals surface area contributed by atoms with Gasteiger partial charge >= 0.3 is 0 Å². The Labute approximate surface area is 116 Å². The van der Waals surface area contributed by atoms with E-state index >= 15 is 0 Å². The molecule has 2 aromatic heterocycles. The fourth-order valence-corrected chi connectivity index (χ4v) is 2.21. The first-order valence-electron chi connectivity index (χ1n) is 6.13. The van der Waals surface area contributed by atoms with Crippen LogP contribution in [0.4, 0.5) is 0 Å². The first-order valence-corrected chi connectivity index (χ1v) is 7.01. The molecular formula is C13H16N4OS. The maximum atomic E-state index is 11.7. The fourth-order valence-electron chi connectivity index (χ4n) is 1.45. The molecular weight excluding hydrogens is 260 g/mol. The Balaban J connectivity index is 1.96. The number of carbonyl (C=O) groups is 1. The van der Waals surface area contributed by atoms with E-state index < -0.39 is 0 Å². The Hall–Kier alpha value is -1.82. The van der Waals surface area contributed by atoms with Gasteiger partial charge in [-0.15, -0.1) is 11.3 Å². The summed E-state index contributed by atoms with van der Waals surface area (Å²) in [5, 5.41) is 5.49. The van der Waals surface area contributed by atoms with E-state index in [2.05, 4.69) is 34.1 Å². The summed E-state index contributed by atoms with van der Waals surface area (Å²) >= 11 is 1.45. The van der Waals surface area contributed by atoms with Crippen molar-refractivity contribution in [2.24, 2.45) is 5.92 Å². The highest BCUT2D eigenvalue weighted by Crippen LogP contribution is 2.19. The van der Waals surface area contributed by atoms with Crippen LogP contribution in [0.2, 0.25) is 0 Å². The van der Waals surface area contributed by atoms with Gasteiger partial charge in [0, 0.05) is 24.3 Å². The molecule has 0 saturated heterocycles. The minimum atomic E-state index is -0.000435. The smallest absolute Gasteiger partial charge is 0.226 e. The van der Waals surface area contributed by atoms with Crippen LogP contribution in [-0.4, -0.2) is 27.4 Å². The van der Waals surface area contributed by atoms with Crippen molar-refractivity contribution in [2.45, 2.75) is 20.3 Å². The monoisotopic (exact) mass is 276 g/mol. The van der Waals surface area contributed by atoms with Crippen molar-refractivity contribution in [2.75, 3.05) is 6.54 Å². The number of rotatable bonds is 5. The van der Waals surface area contributed by atoms with Gasteiger partial charge in [-0.2, -0.15) is 0 Å². The molecule has 0 saturated carbocycles. The zero-order valence-corrected chi connectivity index (χ0v) is 11.8. The molecule has 2 aromatic rings. The van der Waals surface area contributed by atoms with Crippen molar-refractivity contribution in [3.8, 4) is 10.8 Å². The summed E-state index contributed by atoms with van der Waals surface area (Å²) < 4.78 is 0. The third-order valence-electron chi connectivity index (χ3n) is 2.36. The lowest BCUT2D eigenvalue weighted by Gasteiger charge is -2.06. The molecule has 0 aliphatic rings. The second kappa shape index (κ2) is 6.38. The van der Waals surface area contributed by atoms with E-state index in [1.165, 1.54) is 11.3 Å². The molecule has 1 amide bonds. The zero-order valence-electron chi connectivity index (χ0n) is 11.0. The average Bonchev–Trinajstić information content (AvgIpc) is 2.86. The molecule has 0 fully saturated rings. The van der Waals surface area contributed by atoms with Gasteiger partial charge in [-0.25, -0.2) is 15.0 Å². The molecule has 19 heavy (non-hydrogen) atoms. The van der Waals surface area contributed by atoms with Crippen LogP contribution in [0.25, 0.3) is 10.8 Å². The lowest BCUT2D eigenvalue weighted by Crippen LogP contribution is -2.28. The molecule has 0 bridgehead atoms. The van der Waals surface area contributed by atoms with Crippen molar-refractivity contribution in [1.82, 2.24) is 20.3 Å². The van der Waals surface area contributed by atoms with Crippen molar-refractivity contribution >= 4 is 17.2 Å². The topological polar surface area (TPSA) is 67.8 Å². The van der Waals surface area contributed by atoms with Gasteiger partial charge in [0.05, 0.1) is 12.1 Å². The molecule has 0 radical (unpaired) electrons. The highest BCUT2D eigenvalue weighted by Gasteiger charge is 2.10. The van der Waals surface area contributed by atoms with Gasteiger partial charge in [0.25, 0.3) is 0 Å². The van der Waals surface area contributed by atoms with Crippen LogP contribution in [0.15, 0.2) is 23.8 Å². The fraction of sp³-hybridized carbons (Fsp3) is 0.385. The van der Waals surface area contributed by atoms with Crippen LogP contribution in [-0.2, 0) is 11.2 Å². The number of thiazole rings is 1. The lowest BCUT2D eigenvalue weighted by molar-refractivity contribution is -0.120. The van der Waals surface area contributed by atoms with Gasteiger partial charge in [-0.1, -0.05) is 13.8 Å². The highest BCUT2D eigenvalue weighted by atomic mass is 32.1. The second-order valence-electron chi connectivity index (χ2n) is 4.59. The normalized spacial score (nSPS) is 10.7. The molecule has 6 heteroatoms. The average molecular weight is 276 g/mol. The van der Waals surface area contributed by atoms with Gasteiger partial charge in [-0.3, -0.25) is 4.79 Å². The van der Waals surface area contributed by atoms with Gasteiger partial charge in [0.2, 0.25) is 5.91 Å². The molecule has 0 unspecified atom stereocenters. The molecule has 5 nitrogen and oxygen atoms in total. The van der Waals surface area contributed by atoms with Gasteiger partial charge in [0.15, 0.2) is 10.8 Å². The molecule has 0 spiro atoms. The summed E-state index contributed by atoms with van der Waals surface area (Å²) in [4.78, 5) is 24.3. The number of nitrogens with one attached hydrogen (secondary N) is 1. The predicted molar refractivity (Wildman–Crippen MR) is 74.7 cm³/mol. The lowest BCUT2D eigenvalue weighted by atomic mass is 10.2. The Morgan fingerprint density at radius 3 is 2.79 bits per heavy atom. The Kier molecular flexibility index (Phi) is 4.57. The summed E-state index contributed by atoms with van der Waals surface area (Å²) in [5.74, 6) is 1.05. The van der Waals surface area contributed by atoms with Crippen LogP contribution in [0, 0.1) is 5.92 Å². The maximum Gasteiger partial charge on any atom is 0.226 e. The van der Waals surface area contributed by atoms with Gasteiger partial charge < -0.3 is 5.32 Å². The predicted octanol–water partition coefficient (Wildman–Crippen LogP) is 1.91. The summed E-state index contributed by atoms with van der Waals surface area (Å²) in [6.45, 7) is 4.82. The van der Waals surface area contributed by atoms with E-state index in [0.29, 0.717) is 24.7 Å². The molecule has 0 aromatic carbocycles. The summed E-state index contributed by atoms with van der Waals surface area (Å²) in [6.07, 6.45) is 3.66. The summed E-state index contributed by atoms with van der Waals surface area (Å²) in [7, 11) is 0. The molecule has 2 rings (SSSR count). The number of nitrogens with zero attached hydrogens (tertiary/aromatic N) is 3. The van der Waals surface area contributed by atoms with Crippen LogP contribution < -0.4 is 5.32 Å². The third kappa shape index (κ3) is 4.10. The van der Waals surface area contributed by atoms with Crippen LogP contribution in [0.1, 0.15) is 19.5 Å². The molecule has 2 heterocycles. The Bertz CT molecular complexity index is 539. The zero-order chi connectivity index (χ0) is 13.7.